The molecule has 0 bridgehead atoms. The number of carbonyl (C=O) groups is 1. The number of carbonyl (C=O) groups excluding carboxylic acids is 1. The highest BCUT2D eigenvalue weighted by molar-refractivity contribution is 7.10. The Morgan fingerprint density at radius 3 is 2.68 bits per heavy atom. The largest absolute Gasteiger partial charge is 0.376 e. The van der Waals surface area contributed by atoms with E-state index in [4.69, 9.17) is 11.6 Å². The molecule has 0 aliphatic rings. The van der Waals surface area contributed by atoms with Gasteiger partial charge in [-0.2, -0.15) is 0 Å². The van der Waals surface area contributed by atoms with Crippen molar-refractivity contribution >= 4 is 34.5 Å². The maximum absolute atomic E-state index is 11.8. The van der Waals surface area contributed by atoms with E-state index in [0.29, 0.717) is 5.02 Å². The summed E-state index contributed by atoms with van der Waals surface area (Å²) in [4.78, 5) is 12.9. The Labute approximate surface area is 121 Å². The van der Waals surface area contributed by atoms with Gasteiger partial charge in [0.05, 0.1) is 12.6 Å². The van der Waals surface area contributed by atoms with Gasteiger partial charge in [-0.3, -0.25) is 4.79 Å². The van der Waals surface area contributed by atoms with E-state index >= 15 is 0 Å². The molecule has 1 amide bonds. The molecule has 0 radical (unpaired) electrons. The van der Waals surface area contributed by atoms with Crippen LogP contribution in [0, 0.1) is 0 Å². The third-order valence-corrected chi connectivity index (χ3v) is 3.95. The molecule has 0 spiro atoms. The van der Waals surface area contributed by atoms with Gasteiger partial charge in [0.15, 0.2) is 0 Å². The van der Waals surface area contributed by atoms with Crippen molar-refractivity contribution in [3.05, 3.63) is 51.7 Å². The highest BCUT2D eigenvalue weighted by Gasteiger charge is 2.09. The monoisotopic (exact) mass is 294 g/mol. The van der Waals surface area contributed by atoms with Crippen molar-refractivity contribution in [1.82, 2.24) is 5.32 Å². The molecule has 1 aromatic heterocycles. The lowest BCUT2D eigenvalue weighted by molar-refractivity contribution is -0.120. The number of halogens is 1. The number of amides is 1. The SMILES string of the molecule is CC(NC(=O)CNc1ccc(Cl)cc1)c1cccs1. The number of hydrogen-bond acceptors (Lipinski definition) is 3. The predicted octanol–water partition coefficient (Wildman–Crippen LogP) is 3.69. The van der Waals surface area contributed by atoms with Gasteiger partial charge in [0, 0.05) is 15.6 Å². The van der Waals surface area contributed by atoms with Gasteiger partial charge in [-0.05, 0) is 42.6 Å². The lowest BCUT2D eigenvalue weighted by Gasteiger charge is -2.13. The maximum atomic E-state index is 11.8. The summed E-state index contributed by atoms with van der Waals surface area (Å²) in [6.45, 7) is 2.23. The second kappa shape index (κ2) is 6.59. The molecule has 100 valence electrons. The molecule has 0 aliphatic carbocycles. The molecule has 1 atom stereocenters. The van der Waals surface area contributed by atoms with Crippen LogP contribution in [0.25, 0.3) is 0 Å². The van der Waals surface area contributed by atoms with Gasteiger partial charge in [-0.25, -0.2) is 0 Å². The smallest absolute Gasteiger partial charge is 0.239 e. The first-order valence-corrected chi connectivity index (χ1v) is 7.23. The fraction of sp³-hybridized carbons (Fsp3) is 0.214. The van der Waals surface area contributed by atoms with Crippen molar-refractivity contribution in [2.24, 2.45) is 0 Å². The quantitative estimate of drug-likeness (QED) is 0.883. The summed E-state index contributed by atoms with van der Waals surface area (Å²) in [5.41, 5.74) is 0.878. The first-order chi connectivity index (χ1) is 9.15. The van der Waals surface area contributed by atoms with Crippen LogP contribution in [-0.2, 0) is 4.79 Å². The van der Waals surface area contributed by atoms with Crippen molar-refractivity contribution in [2.45, 2.75) is 13.0 Å². The minimum Gasteiger partial charge on any atom is -0.376 e. The molecule has 0 saturated heterocycles. The van der Waals surface area contributed by atoms with Crippen LogP contribution in [0.4, 0.5) is 5.69 Å². The Kier molecular flexibility index (Phi) is 4.82. The molecule has 0 fully saturated rings. The van der Waals surface area contributed by atoms with Crippen molar-refractivity contribution in [3.63, 3.8) is 0 Å². The summed E-state index contributed by atoms with van der Waals surface area (Å²) in [7, 11) is 0. The Morgan fingerprint density at radius 2 is 2.05 bits per heavy atom. The van der Waals surface area contributed by atoms with E-state index in [9.17, 15) is 4.79 Å². The summed E-state index contributed by atoms with van der Waals surface area (Å²) >= 11 is 7.43. The van der Waals surface area contributed by atoms with Crippen LogP contribution in [0.3, 0.4) is 0 Å². The van der Waals surface area contributed by atoms with Crippen LogP contribution in [0.15, 0.2) is 41.8 Å². The maximum Gasteiger partial charge on any atom is 0.239 e. The molecule has 0 aliphatic heterocycles. The highest BCUT2D eigenvalue weighted by Crippen LogP contribution is 2.18. The van der Waals surface area contributed by atoms with Gasteiger partial charge in [-0.15, -0.1) is 11.3 Å². The lowest BCUT2D eigenvalue weighted by Crippen LogP contribution is -2.31. The van der Waals surface area contributed by atoms with Gasteiger partial charge in [0.25, 0.3) is 0 Å². The molecule has 1 aromatic carbocycles. The van der Waals surface area contributed by atoms with Crippen LogP contribution in [0.5, 0.6) is 0 Å². The zero-order chi connectivity index (χ0) is 13.7. The van der Waals surface area contributed by atoms with Crippen molar-refractivity contribution in [3.8, 4) is 0 Å². The summed E-state index contributed by atoms with van der Waals surface area (Å²) in [6, 6.07) is 11.3. The Morgan fingerprint density at radius 1 is 1.32 bits per heavy atom. The average Bonchev–Trinajstić information content (AvgIpc) is 2.92. The zero-order valence-electron chi connectivity index (χ0n) is 10.5. The number of benzene rings is 1. The van der Waals surface area contributed by atoms with Gasteiger partial charge in [0.2, 0.25) is 5.91 Å². The standard InChI is InChI=1S/C14H15ClN2OS/c1-10(13-3-2-8-19-13)17-14(18)9-16-12-6-4-11(15)5-7-12/h2-8,10,16H,9H2,1H3,(H,17,18). The fourth-order valence-corrected chi connectivity index (χ4v) is 2.51. The van der Waals surface area contributed by atoms with E-state index in [1.807, 2.05) is 36.6 Å². The summed E-state index contributed by atoms with van der Waals surface area (Å²) < 4.78 is 0. The molecule has 19 heavy (non-hydrogen) atoms. The molecule has 5 heteroatoms. The van der Waals surface area contributed by atoms with Gasteiger partial charge in [-0.1, -0.05) is 17.7 Å². The van der Waals surface area contributed by atoms with Crippen LogP contribution < -0.4 is 10.6 Å². The fourth-order valence-electron chi connectivity index (χ4n) is 1.65. The molecule has 2 rings (SSSR count). The topological polar surface area (TPSA) is 41.1 Å². The highest BCUT2D eigenvalue weighted by atomic mass is 35.5. The third kappa shape index (κ3) is 4.26. The predicted molar refractivity (Wildman–Crippen MR) is 80.8 cm³/mol. The summed E-state index contributed by atoms with van der Waals surface area (Å²) in [5.74, 6) is -0.0316. The van der Waals surface area contributed by atoms with E-state index in [1.54, 1.807) is 23.5 Å². The van der Waals surface area contributed by atoms with E-state index in [1.165, 1.54) is 0 Å². The minimum absolute atomic E-state index is 0.0316. The number of thiophene rings is 1. The van der Waals surface area contributed by atoms with Gasteiger partial charge >= 0.3 is 0 Å². The number of hydrogen-bond donors (Lipinski definition) is 2. The van der Waals surface area contributed by atoms with E-state index in [0.717, 1.165) is 10.6 Å². The van der Waals surface area contributed by atoms with Gasteiger partial charge in [0.1, 0.15) is 0 Å². The van der Waals surface area contributed by atoms with Crippen LogP contribution in [0.1, 0.15) is 17.8 Å². The van der Waals surface area contributed by atoms with Crippen LogP contribution in [-0.4, -0.2) is 12.5 Å². The zero-order valence-corrected chi connectivity index (χ0v) is 12.1. The second-order valence-corrected chi connectivity index (χ2v) is 5.58. The molecule has 0 saturated carbocycles. The molecule has 1 unspecified atom stereocenters. The first kappa shape index (κ1) is 13.9. The van der Waals surface area contributed by atoms with Crippen molar-refractivity contribution in [1.29, 1.82) is 0 Å². The molecule has 3 nitrogen and oxygen atoms in total. The minimum atomic E-state index is -0.0316. The Hall–Kier alpha value is -1.52. The normalized spacial score (nSPS) is 11.9. The first-order valence-electron chi connectivity index (χ1n) is 5.97. The average molecular weight is 295 g/mol. The Bertz CT molecular complexity index is 525. The van der Waals surface area contributed by atoms with Crippen molar-refractivity contribution in [2.75, 3.05) is 11.9 Å². The molecule has 2 aromatic rings. The third-order valence-electron chi connectivity index (χ3n) is 2.64. The second-order valence-electron chi connectivity index (χ2n) is 4.17. The summed E-state index contributed by atoms with van der Waals surface area (Å²) in [5, 5.41) is 8.69. The molecular formula is C14H15ClN2OS. The molecular weight excluding hydrogens is 280 g/mol. The number of rotatable bonds is 5. The van der Waals surface area contributed by atoms with E-state index in [2.05, 4.69) is 10.6 Å². The number of anilines is 1. The Balaban J connectivity index is 1.80. The van der Waals surface area contributed by atoms with E-state index < -0.39 is 0 Å². The summed E-state index contributed by atoms with van der Waals surface area (Å²) in [6.07, 6.45) is 0. The lowest BCUT2D eigenvalue weighted by atomic mass is 10.2. The van der Waals surface area contributed by atoms with Crippen molar-refractivity contribution < 1.29 is 4.79 Å². The molecule has 2 N–H and O–H groups in total. The van der Waals surface area contributed by atoms with E-state index in [-0.39, 0.29) is 18.5 Å². The number of nitrogens with one attached hydrogen (secondary N) is 2. The van der Waals surface area contributed by atoms with Crippen LogP contribution >= 0.6 is 22.9 Å². The van der Waals surface area contributed by atoms with Crippen LogP contribution in [0.2, 0.25) is 5.02 Å². The molecule has 1 heterocycles. The van der Waals surface area contributed by atoms with Gasteiger partial charge < -0.3 is 10.6 Å².